The highest BCUT2D eigenvalue weighted by Gasteiger charge is 2.30. The molecule has 1 N–H and O–H groups in total. The fraction of sp³-hybridized carbons (Fsp3) is 0.0625. The Kier molecular flexibility index (Phi) is 3.66. The quantitative estimate of drug-likeness (QED) is 0.671. The lowest BCUT2D eigenvalue weighted by molar-refractivity contribution is -0.137. The normalized spacial score (nSPS) is 11.6. The third-order valence-electron chi connectivity index (χ3n) is 3.22. The van der Waals surface area contributed by atoms with Gasteiger partial charge >= 0.3 is 6.18 Å². The molecule has 0 aliphatic carbocycles. The number of aromatic nitrogens is 2. The summed E-state index contributed by atoms with van der Waals surface area (Å²) in [5.74, 6) is 0.513. The molecule has 1 heterocycles. The van der Waals surface area contributed by atoms with E-state index in [-0.39, 0.29) is 0 Å². The fourth-order valence-corrected chi connectivity index (χ4v) is 2.19. The maximum Gasteiger partial charge on any atom is 0.416 e. The Morgan fingerprint density at radius 2 is 1.45 bits per heavy atom. The largest absolute Gasteiger partial charge is 0.416 e. The van der Waals surface area contributed by atoms with Gasteiger partial charge in [-0.1, -0.05) is 35.9 Å². The lowest BCUT2D eigenvalue weighted by Gasteiger charge is -2.06. The Morgan fingerprint density at radius 1 is 0.864 bits per heavy atom. The average Bonchev–Trinajstić information content (AvgIpc) is 2.97. The van der Waals surface area contributed by atoms with Crippen molar-refractivity contribution in [1.82, 2.24) is 9.97 Å². The summed E-state index contributed by atoms with van der Waals surface area (Å²) >= 11 is 5.83. The number of alkyl halides is 3. The number of halogens is 4. The van der Waals surface area contributed by atoms with Crippen LogP contribution < -0.4 is 0 Å². The van der Waals surface area contributed by atoms with E-state index in [9.17, 15) is 13.2 Å². The number of H-pyrrole nitrogens is 1. The summed E-state index contributed by atoms with van der Waals surface area (Å²) in [5.41, 5.74) is 1.58. The molecule has 0 unspecified atom stereocenters. The zero-order valence-corrected chi connectivity index (χ0v) is 11.9. The minimum absolute atomic E-state index is 0.513. The van der Waals surface area contributed by atoms with Crippen LogP contribution in [0, 0.1) is 0 Å². The number of imidazole rings is 1. The van der Waals surface area contributed by atoms with Gasteiger partial charge < -0.3 is 4.98 Å². The van der Waals surface area contributed by atoms with Crippen LogP contribution in [0.5, 0.6) is 0 Å². The van der Waals surface area contributed by atoms with E-state index in [1.165, 1.54) is 12.1 Å². The van der Waals surface area contributed by atoms with Crippen molar-refractivity contribution in [3.63, 3.8) is 0 Å². The summed E-state index contributed by atoms with van der Waals surface area (Å²) in [5, 5.41) is 0.631. The lowest BCUT2D eigenvalue weighted by Crippen LogP contribution is -2.04. The number of hydrogen-bond acceptors (Lipinski definition) is 1. The zero-order chi connectivity index (χ0) is 15.7. The minimum atomic E-state index is -4.34. The maximum atomic E-state index is 12.5. The zero-order valence-electron chi connectivity index (χ0n) is 11.2. The van der Waals surface area contributed by atoms with Crippen molar-refractivity contribution >= 4 is 11.6 Å². The first-order valence-electron chi connectivity index (χ1n) is 6.42. The smallest absolute Gasteiger partial charge is 0.338 e. The van der Waals surface area contributed by atoms with Crippen LogP contribution in [0.2, 0.25) is 5.02 Å². The Morgan fingerprint density at radius 3 is 2.05 bits per heavy atom. The standard InChI is InChI=1S/C16H10ClF3N2/c17-13-7-3-10(4-8-13)14-9-21-15(22-14)11-1-5-12(6-2-11)16(18,19)20/h1-9H,(H,21,22). The van der Waals surface area contributed by atoms with Crippen molar-refractivity contribution in [2.75, 3.05) is 0 Å². The summed E-state index contributed by atoms with van der Waals surface area (Å²) < 4.78 is 37.6. The molecule has 6 heteroatoms. The number of aromatic amines is 1. The molecule has 0 radical (unpaired) electrons. The molecule has 0 aliphatic rings. The molecule has 0 atom stereocenters. The second-order valence-electron chi connectivity index (χ2n) is 4.73. The number of nitrogens with zero attached hydrogens (tertiary/aromatic N) is 1. The molecule has 0 spiro atoms. The molecule has 3 aromatic rings. The van der Waals surface area contributed by atoms with E-state index >= 15 is 0 Å². The SMILES string of the molecule is FC(F)(F)c1ccc(-c2ncc(-c3ccc(Cl)cc3)[nH]2)cc1. The molecule has 0 aliphatic heterocycles. The highest BCUT2D eigenvalue weighted by atomic mass is 35.5. The Bertz CT molecular complexity index is 774. The van der Waals surface area contributed by atoms with Gasteiger partial charge in [0.1, 0.15) is 5.82 Å². The van der Waals surface area contributed by atoms with Crippen LogP contribution in [-0.2, 0) is 6.18 Å². The molecule has 3 rings (SSSR count). The summed E-state index contributed by atoms with van der Waals surface area (Å²) in [4.78, 5) is 7.30. The molecule has 1 aromatic heterocycles. The van der Waals surface area contributed by atoms with Crippen LogP contribution in [-0.4, -0.2) is 9.97 Å². The van der Waals surface area contributed by atoms with E-state index in [0.717, 1.165) is 23.4 Å². The Hall–Kier alpha value is -2.27. The van der Waals surface area contributed by atoms with Gasteiger partial charge in [-0.2, -0.15) is 13.2 Å². The predicted molar refractivity (Wildman–Crippen MR) is 79.5 cm³/mol. The van der Waals surface area contributed by atoms with E-state index in [0.29, 0.717) is 16.4 Å². The van der Waals surface area contributed by atoms with E-state index in [4.69, 9.17) is 11.6 Å². The third-order valence-corrected chi connectivity index (χ3v) is 3.47. The first kappa shape index (κ1) is 14.7. The highest BCUT2D eigenvalue weighted by Crippen LogP contribution is 2.31. The van der Waals surface area contributed by atoms with Gasteiger partial charge in [-0.25, -0.2) is 4.98 Å². The van der Waals surface area contributed by atoms with E-state index < -0.39 is 11.7 Å². The first-order valence-corrected chi connectivity index (χ1v) is 6.80. The van der Waals surface area contributed by atoms with Gasteiger partial charge in [0.15, 0.2) is 0 Å². The molecule has 0 bridgehead atoms. The molecule has 0 fully saturated rings. The van der Waals surface area contributed by atoms with Crippen molar-refractivity contribution in [1.29, 1.82) is 0 Å². The summed E-state index contributed by atoms with van der Waals surface area (Å²) in [6, 6.07) is 12.1. The van der Waals surface area contributed by atoms with Crippen LogP contribution in [0.3, 0.4) is 0 Å². The van der Waals surface area contributed by atoms with Gasteiger partial charge in [-0.05, 0) is 29.8 Å². The van der Waals surface area contributed by atoms with Crippen molar-refractivity contribution in [3.05, 3.63) is 65.3 Å². The van der Waals surface area contributed by atoms with Crippen molar-refractivity contribution in [3.8, 4) is 22.6 Å². The Balaban J connectivity index is 1.89. The van der Waals surface area contributed by atoms with Gasteiger partial charge in [0.25, 0.3) is 0 Å². The summed E-state index contributed by atoms with van der Waals surface area (Å²) in [6.07, 6.45) is -2.70. The predicted octanol–water partition coefficient (Wildman–Crippen LogP) is 5.42. The molecule has 0 saturated carbocycles. The molecule has 2 aromatic carbocycles. The topological polar surface area (TPSA) is 28.7 Å². The molecular weight excluding hydrogens is 313 g/mol. The molecule has 0 saturated heterocycles. The van der Waals surface area contributed by atoms with Crippen molar-refractivity contribution in [2.24, 2.45) is 0 Å². The number of nitrogens with one attached hydrogen (secondary N) is 1. The number of rotatable bonds is 2. The number of hydrogen-bond donors (Lipinski definition) is 1. The monoisotopic (exact) mass is 322 g/mol. The van der Waals surface area contributed by atoms with Crippen LogP contribution >= 0.6 is 11.6 Å². The van der Waals surface area contributed by atoms with Crippen LogP contribution in [0.25, 0.3) is 22.6 Å². The van der Waals surface area contributed by atoms with Crippen molar-refractivity contribution < 1.29 is 13.2 Å². The number of benzene rings is 2. The van der Waals surface area contributed by atoms with Crippen LogP contribution in [0.15, 0.2) is 54.7 Å². The van der Waals surface area contributed by atoms with E-state index in [1.807, 2.05) is 12.1 Å². The third kappa shape index (κ3) is 2.99. The minimum Gasteiger partial charge on any atom is -0.338 e. The molecule has 22 heavy (non-hydrogen) atoms. The van der Waals surface area contributed by atoms with E-state index in [2.05, 4.69) is 9.97 Å². The summed E-state index contributed by atoms with van der Waals surface area (Å²) in [6.45, 7) is 0. The Labute approximate surface area is 129 Å². The second-order valence-corrected chi connectivity index (χ2v) is 5.16. The van der Waals surface area contributed by atoms with Gasteiger partial charge in [-0.15, -0.1) is 0 Å². The fourth-order valence-electron chi connectivity index (χ4n) is 2.06. The second kappa shape index (κ2) is 5.50. The van der Waals surface area contributed by atoms with Crippen LogP contribution in [0.4, 0.5) is 13.2 Å². The average molecular weight is 323 g/mol. The van der Waals surface area contributed by atoms with Gasteiger partial charge in [0.2, 0.25) is 0 Å². The van der Waals surface area contributed by atoms with Gasteiger partial charge in [0, 0.05) is 10.6 Å². The molecule has 2 nitrogen and oxygen atoms in total. The highest BCUT2D eigenvalue weighted by molar-refractivity contribution is 6.30. The first-order chi connectivity index (χ1) is 10.4. The maximum absolute atomic E-state index is 12.5. The molecule has 0 amide bonds. The van der Waals surface area contributed by atoms with Crippen molar-refractivity contribution in [2.45, 2.75) is 6.18 Å². The van der Waals surface area contributed by atoms with Crippen LogP contribution in [0.1, 0.15) is 5.56 Å². The van der Waals surface area contributed by atoms with Gasteiger partial charge in [0.05, 0.1) is 17.5 Å². The molecule has 112 valence electrons. The lowest BCUT2D eigenvalue weighted by atomic mass is 10.1. The van der Waals surface area contributed by atoms with E-state index in [1.54, 1.807) is 18.3 Å². The summed E-state index contributed by atoms with van der Waals surface area (Å²) in [7, 11) is 0. The molecular formula is C16H10ClF3N2. The van der Waals surface area contributed by atoms with Gasteiger partial charge in [-0.3, -0.25) is 0 Å².